The molecule has 1 aliphatic rings. The van der Waals surface area contributed by atoms with E-state index in [-0.39, 0.29) is 11.6 Å². The van der Waals surface area contributed by atoms with Crippen LogP contribution in [0.5, 0.6) is 5.19 Å². The first-order chi connectivity index (χ1) is 13.0. The van der Waals surface area contributed by atoms with Crippen molar-refractivity contribution in [2.45, 2.75) is 18.9 Å². The second-order valence-corrected chi connectivity index (χ2v) is 7.27. The van der Waals surface area contributed by atoms with E-state index in [1.54, 1.807) is 12.1 Å². The van der Waals surface area contributed by atoms with E-state index in [1.807, 2.05) is 0 Å². The summed E-state index contributed by atoms with van der Waals surface area (Å²) in [7, 11) is 0. The average molecular weight is 392 g/mol. The fourth-order valence-electron chi connectivity index (χ4n) is 3.12. The summed E-state index contributed by atoms with van der Waals surface area (Å²) in [5.41, 5.74) is -0.251. The lowest BCUT2D eigenvalue weighted by molar-refractivity contribution is 0.0587. The van der Waals surface area contributed by atoms with Crippen LogP contribution in [0, 0.1) is 17.5 Å². The molecule has 3 aromatic rings. The second-order valence-electron chi connectivity index (χ2n) is 6.27. The lowest BCUT2D eigenvalue weighted by Crippen LogP contribution is -2.42. The van der Waals surface area contributed by atoms with Crippen molar-refractivity contribution in [3.63, 3.8) is 0 Å². The number of hydrogen-bond donors (Lipinski definition) is 0. The van der Waals surface area contributed by atoms with Gasteiger partial charge in [-0.2, -0.15) is 4.98 Å². The number of fused-ring (bicyclic) bond motifs is 1. The number of hydrogen-bond acceptors (Lipinski definition) is 4. The summed E-state index contributed by atoms with van der Waals surface area (Å²) < 4.78 is 47.9. The zero-order chi connectivity index (χ0) is 19.0. The van der Waals surface area contributed by atoms with Crippen molar-refractivity contribution in [1.82, 2.24) is 9.88 Å². The maximum atomic E-state index is 13.8. The summed E-state index contributed by atoms with van der Waals surface area (Å²) in [6, 6.07) is 8.09. The van der Waals surface area contributed by atoms with Gasteiger partial charge >= 0.3 is 0 Å². The van der Waals surface area contributed by atoms with Gasteiger partial charge in [0.15, 0.2) is 0 Å². The second kappa shape index (κ2) is 7.19. The van der Waals surface area contributed by atoms with E-state index in [1.165, 1.54) is 28.4 Å². The summed E-state index contributed by atoms with van der Waals surface area (Å²) in [6.07, 6.45) is 0.809. The molecule has 2 aromatic carbocycles. The normalized spacial score (nSPS) is 15.3. The summed E-state index contributed by atoms with van der Waals surface area (Å²) in [5, 5.41) is 0.375. The third-order valence-electron chi connectivity index (χ3n) is 4.52. The molecule has 0 atom stereocenters. The van der Waals surface area contributed by atoms with Crippen LogP contribution in [-0.4, -0.2) is 35.0 Å². The van der Waals surface area contributed by atoms with Gasteiger partial charge in [0, 0.05) is 25.9 Å². The number of halogens is 3. The molecule has 1 aromatic heterocycles. The highest BCUT2D eigenvalue weighted by Gasteiger charge is 2.28. The molecule has 0 N–H and O–H groups in total. The van der Waals surface area contributed by atoms with E-state index >= 15 is 0 Å². The van der Waals surface area contributed by atoms with Crippen LogP contribution >= 0.6 is 11.3 Å². The van der Waals surface area contributed by atoms with Crippen molar-refractivity contribution in [2.75, 3.05) is 13.1 Å². The number of piperidine rings is 1. The van der Waals surface area contributed by atoms with Gasteiger partial charge in [0.05, 0.1) is 4.70 Å². The van der Waals surface area contributed by atoms with Crippen LogP contribution < -0.4 is 4.74 Å². The molecule has 0 unspecified atom stereocenters. The molecule has 8 heteroatoms. The van der Waals surface area contributed by atoms with Crippen molar-refractivity contribution < 1.29 is 22.7 Å². The lowest BCUT2D eigenvalue weighted by Gasteiger charge is -2.31. The molecule has 140 valence electrons. The predicted octanol–water partition coefficient (Wildman–Crippen LogP) is 4.40. The lowest BCUT2D eigenvalue weighted by atomic mass is 10.1. The van der Waals surface area contributed by atoms with Gasteiger partial charge in [-0.3, -0.25) is 4.79 Å². The summed E-state index contributed by atoms with van der Waals surface area (Å²) in [5.74, 6) is -2.79. The van der Waals surface area contributed by atoms with Crippen molar-refractivity contribution in [2.24, 2.45) is 0 Å². The molecule has 0 aliphatic carbocycles. The molecule has 27 heavy (non-hydrogen) atoms. The minimum Gasteiger partial charge on any atom is -0.467 e. The Morgan fingerprint density at radius 1 is 1.04 bits per heavy atom. The van der Waals surface area contributed by atoms with Gasteiger partial charge in [0.1, 0.15) is 34.6 Å². The maximum absolute atomic E-state index is 13.8. The number of amides is 1. The highest BCUT2D eigenvalue weighted by atomic mass is 32.1. The Morgan fingerprint density at radius 2 is 1.67 bits per heavy atom. The first-order valence-corrected chi connectivity index (χ1v) is 9.29. The Bertz CT molecular complexity index is 980. The van der Waals surface area contributed by atoms with E-state index in [4.69, 9.17) is 4.74 Å². The fourth-order valence-corrected chi connectivity index (χ4v) is 4.02. The molecule has 1 amide bonds. The zero-order valence-corrected chi connectivity index (χ0v) is 14.9. The topological polar surface area (TPSA) is 42.4 Å². The number of rotatable bonds is 3. The minimum absolute atomic E-state index is 0.192. The number of carbonyl (C=O) groups is 1. The van der Waals surface area contributed by atoms with Crippen LogP contribution in [0.2, 0.25) is 0 Å². The van der Waals surface area contributed by atoms with Crippen LogP contribution in [0.15, 0.2) is 36.4 Å². The molecule has 1 aliphatic heterocycles. The van der Waals surface area contributed by atoms with Gasteiger partial charge in [-0.05, 0) is 24.3 Å². The number of thiazole rings is 1. The van der Waals surface area contributed by atoms with Gasteiger partial charge in [-0.25, -0.2) is 13.2 Å². The Morgan fingerprint density at radius 3 is 2.33 bits per heavy atom. The van der Waals surface area contributed by atoms with Crippen molar-refractivity contribution in [3.8, 4) is 5.19 Å². The van der Waals surface area contributed by atoms with Crippen LogP contribution in [0.1, 0.15) is 23.2 Å². The quantitative estimate of drug-likeness (QED) is 0.664. The molecule has 0 spiro atoms. The maximum Gasteiger partial charge on any atom is 0.274 e. The standard InChI is InChI=1S/C19H15F3N2O2S/c20-12-3-1-4-13(21)16(12)18(25)24-9-7-11(8-10-24)26-19-23-17-14(22)5-2-6-15(17)27-19/h1-6,11H,7-10H2. The van der Waals surface area contributed by atoms with Crippen LogP contribution in [0.3, 0.4) is 0 Å². The smallest absolute Gasteiger partial charge is 0.274 e. The number of likely N-dealkylation sites (tertiary alicyclic amines) is 1. The molecule has 0 radical (unpaired) electrons. The molecule has 0 saturated carbocycles. The Balaban J connectivity index is 1.41. The molecule has 0 bridgehead atoms. The molecule has 2 heterocycles. The van der Waals surface area contributed by atoms with Gasteiger partial charge in [-0.15, -0.1) is 0 Å². The van der Waals surface area contributed by atoms with Gasteiger partial charge in [0.25, 0.3) is 11.1 Å². The zero-order valence-electron chi connectivity index (χ0n) is 14.1. The molecule has 4 rings (SSSR count). The monoisotopic (exact) mass is 392 g/mol. The fraction of sp³-hybridized carbons (Fsp3) is 0.263. The van der Waals surface area contributed by atoms with Crippen molar-refractivity contribution in [1.29, 1.82) is 0 Å². The van der Waals surface area contributed by atoms with Crippen molar-refractivity contribution in [3.05, 3.63) is 59.4 Å². The average Bonchev–Trinajstić information content (AvgIpc) is 3.06. The summed E-state index contributed by atoms with van der Waals surface area (Å²) in [4.78, 5) is 18.0. The molecule has 4 nitrogen and oxygen atoms in total. The number of para-hydroxylation sites is 1. The third-order valence-corrected chi connectivity index (χ3v) is 5.43. The minimum atomic E-state index is -0.866. The summed E-state index contributed by atoms with van der Waals surface area (Å²) >= 11 is 1.26. The van der Waals surface area contributed by atoms with Crippen molar-refractivity contribution >= 4 is 27.5 Å². The first-order valence-electron chi connectivity index (χ1n) is 8.48. The van der Waals surface area contributed by atoms with E-state index in [0.717, 1.165) is 12.1 Å². The molecule has 1 fully saturated rings. The van der Waals surface area contributed by atoms with Crippen LogP contribution in [0.4, 0.5) is 13.2 Å². The van der Waals surface area contributed by atoms with Crippen LogP contribution in [-0.2, 0) is 0 Å². The third kappa shape index (κ3) is 3.49. The number of aromatic nitrogens is 1. The Hall–Kier alpha value is -2.61. The first kappa shape index (κ1) is 17.8. The highest BCUT2D eigenvalue weighted by Crippen LogP contribution is 2.31. The van der Waals surface area contributed by atoms with Gasteiger partial charge < -0.3 is 9.64 Å². The molecular formula is C19H15F3N2O2S. The number of carbonyl (C=O) groups excluding carboxylic acids is 1. The van der Waals surface area contributed by atoms with E-state index in [9.17, 15) is 18.0 Å². The highest BCUT2D eigenvalue weighted by molar-refractivity contribution is 7.20. The van der Waals surface area contributed by atoms with E-state index in [2.05, 4.69) is 4.98 Å². The van der Waals surface area contributed by atoms with E-state index < -0.39 is 28.9 Å². The van der Waals surface area contributed by atoms with Crippen LogP contribution in [0.25, 0.3) is 10.2 Å². The molecule has 1 saturated heterocycles. The molecular weight excluding hydrogens is 377 g/mol. The Labute approximate surface area is 157 Å². The number of ether oxygens (including phenoxy) is 1. The summed E-state index contributed by atoms with van der Waals surface area (Å²) in [6.45, 7) is 0.632. The van der Waals surface area contributed by atoms with Gasteiger partial charge in [-0.1, -0.05) is 23.5 Å². The van der Waals surface area contributed by atoms with Gasteiger partial charge in [0.2, 0.25) is 0 Å². The van der Waals surface area contributed by atoms with E-state index in [0.29, 0.717) is 35.8 Å². The largest absolute Gasteiger partial charge is 0.467 e. The number of benzene rings is 2. The number of nitrogens with zero attached hydrogens (tertiary/aromatic N) is 2. The Kier molecular flexibility index (Phi) is 4.73. The predicted molar refractivity (Wildman–Crippen MR) is 95.5 cm³/mol. The SMILES string of the molecule is O=C(c1c(F)cccc1F)N1CCC(Oc2nc3c(F)cccc3s2)CC1.